The highest BCUT2D eigenvalue weighted by molar-refractivity contribution is 5.87. The number of ether oxygens (including phenoxy) is 2. The van der Waals surface area contributed by atoms with E-state index < -0.39 is 5.97 Å². The van der Waals surface area contributed by atoms with Gasteiger partial charge in [0.15, 0.2) is 5.69 Å². The number of aryl methyl sites for hydroxylation is 1. The van der Waals surface area contributed by atoms with Gasteiger partial charge in [-0.05, 0) is 12.5 Å². The zero-order valence-electron chi connectivity index (χ0n) is 10.7. The summed E-state index contributed by atoms with van der Waals surface area (Å²) in [5.74, 6) is 0.152. The summed E-state index contributed by atoms with van der Waals surface area (Å²) in [6.45, 7) is 4.80. The van der Waals surface area contributed by atoms with Crippen molar-refractivity contribution in [3.8, 4) is 0 Å². The molecule has 0 aromatic carbocycles. The molecule has 1 aromatic rings. The number of hydrogen-bond acceptors (Lipinski definition) is 6. The molecule has 1 saturated heterocycles. The maximum Gasteiger partial charge on any atom is 0.356 e. The van der Waals surface area contributed by atoms with Gasteiger partial charge in [-0.3, -0.25) is 0 Å². The molecule has 18 heavy (non-hydrogen) atoms. The van der Waals surface area contributed by atoms with Crippen molar-refractivity contribution in [1.82, 2.24) is 9.97 Å². The van der Waals surface area contributed by atoms with Crippen molar-refractivity contribution < 1.29 is 14.3 Å². The molecule has 0 spiro atoms. The highest BCUT2D eigenvalue weighted by atomic mass is 16.5. The molecule has 1 aliphatic rings. The molecule has 0 unspecified atom stereocenters. The summed E-state index contributed by atoms with van der Waals surface area (Å²) in [5.41, 5.74) is 1.15. The minimum Gasteiger partial charge on any atom is -0.464 e. The van der Waals surface area contributed by atoms with Gasteiger partial charge in [0.05, 0.1) is 20.3 Å². The molecule has 0 N–H and O–H groups in total. The van der Waals surface area contributed by atoms with Crippen molar-refractivity contribution in [2.24, 2.45) is 0 Å². The predicted octanol–water partition coefficient (Wildman–Crippen LogP) is 0.662. The Kier molecular flexibility index (Phi) is 4.09. The molecule has 0 radical (unpaired) electrons. The summed E-state index contributed by atoms with van der Waals surface area (Å²) >= 11 is 0. The first kappa shape index (κ1) is 12.8. The van der Waals surface area contributed by atoms with E-state index in [4.69, 9.17) is 9.47 Å². The van der Waals surface area contributed by atoms with Gasteiger partial charge in [0.2, 0.25) is 5.95 Å². The largest absolute Gasteiger partial charge is 0.464 e. The predicted molar refractivity (Wildman–Crippen MR) is 65.8 cm³/mol. The lowest BCUT2D eigenvalue weighted by atomic mass is 10.2. The Hall–Kier alpha value is -1.69. The lowest BCUT2D eigenvalue weighted by Gasteiger charge is -2.27. The van der Waals surface area contributed by atoms with Crippen LogP contribution in [0.5, 0.6) is 0 Å². The van der Waals surface area contributed by atoms with Crippen LogP contribution in [0.1, 0.15) is 23.1 Å². The number of carbonyl (C=O) groups is 1. The van der Waals surface area contributed by atoms with Crippen LogP contribution in [0.2, 0.25) is 0 Å². The average Bonchev–Trinajstić information content (AvgIpc) is 2.46. The molecule has 6 heteroatoms. The van der Waals surface area contributed by atoms with Gasteiger partial charge < -0.3 is 14.4 Å². The van der Waals surface area contributed by atoms with Gasteiger partial charge in [-0.15, -0.1) is 0 Å². The van der Waals surface area contributed by atoms with Gasteiger partial charge in [-0.25, -0.2) is 14.8 Å². The maximum atomic E-state index is 11.6. The molecule has 1 fully saturated rings. The topological polar surface area (TPSA) is 64.5 Å². The normalized spacial score (nSPS) is 15.6. The minimum absolute atomic E-state index is 0.311. The molecule has 2 rings (SSSR count). The fourth-order valence-electron chi connectivity index (χ4n) is 1.78. The van der Waals surface area contributed by atoms with Crippen molar-refractivity contribution in [1.29, 1.82) is 0 Å². The number of nitrogens with zero attached hydrogens (tertiary/aromatic N) is 3. The highest BCUT2D eigenvalue weighted by Crippen LogP contribution is 2.13. The van der Waals surface area contributed by atoms with Crippen LogP contribution in [0.4, 0.5) is 5.95 Å². The number of rotatable bonds is 3. The number of morpholine rings is 1. The molecular formula is C12H17N3O3. The van der Waals surface area contributed by atoms with Crippen molar-refractivity contribution >= 4 is 11.9 Å². The van der Waals surface area contributed by atoms with E-state index in [0.717, 1.165) is 25.2 Å². The Morgan fingerprint density at radius 3 is 2.78 bits per heavy atom. The standard InChI is InChI=1S/C12H17N3O3/c1-3-9-8-10(11(16)17-2)14-12(13-9)15-4-6-18-7-5-15/h8H,3-7H2,1-2H3. The zero-order valence-corrected chi connectivity index (χ0v) is 10.7. The molecule has 0 bridgehead atoms. The van der Waals surface area contributed by atoms with Crippen LogP contribution in [0, 0.1) is 0 Å². The van der Waals surface area contributed by atoms with E-state index in [0.29, 0.717) is 24.9 Å². The number of hydrogen-bond donors (Lipinski definition) is 0. The van der Waals surface area contributed by atoms with Crippen molar-refractivity contribution in [2.45, 2.75) is 13.3 Å². The van der Waals surface area contributed by atoms with E-state index in [-0.39, 0.29) is 0 Å². The molecule has 2 heterocycles. The summed E-state index contributed by atoms with van der Waals surface area (Å²) in [5, 5.41) is 0. The quantitative estimate of drug-likeness (QED) is 0.735. The van der Waals surface area contributed by atoms with Crippen molar-refractivity contribution in [3.63, 3.8) is 0 Å². The van der Waals surface area contributed by atoms with Gasteiger partial charge in [0.1, 0.15) is 0 Å². The summed E-state index contributed by atoms with van der Waals surface area (Å²) < 4.78 is 9.99. The summed E-state index contributed by atoms with van der Waals surface area (Å²) in [6, 6.07) is 1.68. The first-order chi connectivity index (χ1) is 8.74. The first-order valence-corrected chi connectivity index (χ1v) is 6.03. The fraction of sp³-hybridized carbons (Fsp3) is 0.583. The van der Waals surface area contributed by atoms with Crippen LogP contribution in [0.3, 0.4) is 0 Å². The second-order valence-corrected chi connectivity index (χ2v) is 3.99. The SMILES string of the molecule is CCc1cc(C(=O)OC)nc(N2CCOCC2)n1. The number of carbonyl (C=O) groups excluding carboxylic acids is 1. The number of anilines is 1. The van der Waals surface area contributed by atoms with E-state index in [1.165, 1.54) is 7.11 Å². The third-order valence-electron chi connectivity index (χ3n) is 2.82. The van der Waals surface area contributed by atoms with E-state index in [9.17, 15) is 4.79 Å². The first-order valence-electron chi connectivity index (χ1n) is 6.03. The van der Waals surface area contributed by atoms with Gasteiger partial charge in [-0.1, -0.05) is 6.92 Å². The fourth-order valence-corrected chi connectivity index (χ4v) is 1.78. The minimum atomic E-state index is -0.429. The van der Waals surface area contributed by atoms with Crippen LogP contribution >= 0.6 is 0 Å². The Bertz CT molecular complexity index is 431. The van der Waals surface area contributed by atoms with Crippen molar-refractivity contribution in [3.05, 3.63) is 17.5 Å². The van der Waals surface area contributed by atoms with E-state index in [2.05, 4.69) is 9.97 Å². The Morgan fingerprint density at radius 1 is 1.44 bits per heavy atom. The van der Waals surface area contributed by atoms with Gasteiger partial charge in [0, 0.05) is 18.8 Å². The molecule has 1 aliphatic heterocycles. The molecule has 0 atom stereocenters. The van der Waals surface area contributed by atoms with Gasteiger partial charge >= 0.3 is 5.97 Å². The molecule has 0 saturated carbocycles. The molecule has 6 nitrogen and oxygen atoms in total. The molecule has 1 aromatic heterocycles. The van der Waals surface area contributed by atoms with E-state index >= 15 is 0 Å². The Labute approximate surface area is 106 Å². The van der Waals surface area contributed by atoms with Crippen LogP contribution in [-0.2, 0) is 15.9 Å². The second-order valence-electron chi connectivity index (χ2n) is 3.99. The number of esters is 1. The Morgan fingerprint density at radius 2 is 2.17 bits per heavy atom. The Balaban J connectivity index is 2.30. The number of methoxy groups -OCH3 is 1. The van der Waals surface area contributed by atoms with Crippen LogP contribution in [0.15, 0.2) is 6.07 Å². The summed E-state index contributed by atoms with van der Waals surface area (Å²) in [4.78, 5) is 22.3. The van der Waals surface area contributed by atoms with Gasteiger partial charge in [0.25, 0.3) is 0 Å². The van der Waals surface area contributed by atoms with E-state index in [1.54, 1.807) is 6.07 Å². The summed E-state index contributed by atoms with van der Waals surface area (Å²) in [6.07, 6.45) is 0.754. The lowest BCUT2D eigenvalue weighted by Crippen LogP contribution is -2.37. The van der Waals surface area contributed by atoms with E-state index in [1.807, 2.05) is 11.8 Å². The smallest absolute Gasteiger partial charge is 0.356 e. The van der Waals surface area contributed by atoms with Crippen LogP contribution in [0.25, 0.3) is 0 Å². The number of aromatic nitrogens is 2. The average molecular weight is 251 g/mol. The third-order valence-corrected chi connectivity index (χ3v) is 2.82. The van der Waals surface area contributed by atoms with Crippen molar-refractivity contribution in [2.75, 3.05) is 38.3 Å². The lowest BCUT2D eigenvalue weighted by molar-refractivity contribution is 0.0593. The monoisotopic (exact) mass is 251 g/mol. The molecule has 98 valence electrons. The van der Waals surface area contributed by atoms with Gasteiger partial charge in [-0.2, -0.15) is 0 Å². The zero-order chi connectivity index (χ0) is 13.0. The third kappa shape index (κ3) is 2.76. The molecular weight excluding hydrogens is 234 g/mol. The molecule has 0 amide bonds. The highest BCUT2D eigenvalue weighted by Gasteiger charge is 2.17. The second kappa shape index (κ2) is 5.77. The van der Waals surface area contributed by atoms with Crippen LogP contribution < -0.4 is 4.90 Å². The van der Waals surface area contributed by atoms with Crippen LogP contribution in [-0.4, -0.2) is 49.4 Å². The summed E-state index contributed by atoms with van der Waals surface area (Å²) in [7, 11) is 1.35. The maximum absolute atomic E-state index is 11.6. The molecule has 0 aliphatic carbocycles.